The molecular weight excluding hydrogens is 373 g/mol. The minimum absolute atomic E-state index is 0.0290. The van der Waals surface area contributed by atoms with Crippen molar-refractivity contribution < 1.29 is 18.8 Å². The summed E-state index contributed by atoms with van der Waals surface area (Å²) in [6, 6.07) is 2.17. The van der Waals surface area contributed by atoms with Gasteiger partial charge in [-0.25, -0.2) is 9.18 Å². The molecule has 2 N–H and O–H groups in total. The predicted octanol–water partition coefficient (Wildman–Crippen LogP) is 3.82. The van der Waals surface area contributed by atoms with Gasteiger partial charge < -0.3 is 15.4 Å². The van der Waals surface area contributed by atoms with Crippen LogP contribution in [0.2, 0.25) is 0 Å². The van der Waals surface area contributed by atoms with Gasteiger partial charge in [0.25, 0.3) is 5.69 Å². The van der Waals surface area contributed by atoms with E-state index in [1.54, 1.807) is 20.8 Å². The smallest absolute Gasteiger partial charge is 0.407 e. The Morgan fingerprint density at radius 2 is 2.04 bits per heavy atom. The fourth-order valence-electron chi connectivity index (χ4n) is 1.65. The molecule has 23 heavy (non-hydrogen) atoms. The Morgan fingerprint density at radius 1 is 1.39 bits per heavy atom. The standard InChI is InChI=1S/C14H19BrFN3O4/c1-14(2,3)23-13(20)18-6-4-5-17-11-8-10(16)9(15)7-12(11)19(21)22/h7-8,17H,4-6H2,1-3H3,(H,18,20). The zero-order valence-corrected chi connectivity index (χ0v) is 14.7. The monoisotopic (exact) mass is 391 g/mol. The van der Waals surface area contributed by atoms with Crippen LogP contribution in [0.5, 0.6) is 0 Å². The number of amides is 1. The molecule has 9 heteroatoms. The molecule has 0 saturated heterocycles. The van der Waals surface area contributed by atoms with Gasteiger partial charge in [-0.15, -0.1) is 0 Å². The quantitative estimate of drug-likeness (QED) is 0.436. The summed E-state index contributed by atoms with van der Waals surface area (Å²) in [5.74, 6) is -0.593. The molecule has 0 unspecified atom stereocenters. The Hall–Kier alpha value is -1.90. The highest BCUT2D eigenvalue weighted by atomic mass is 79.9. The first kappa shape index (κ1) is 19.1. The van der Waals surface area contributed by atoms with E-state index in [4.69, 9.17) is 4.74 Å². The van der Waals surface area contributed by atoms with Gasteiger partial charge in [0.05, 0.1) is 9.40 Å². The number of hydrogen-bond donors (Lipinski definition) is 2. The summed E-state index contributed by atoms with van der Waals surface area (Å²) in [5, 5.41) is 16.3. The molecule has 0 aliphatic carbocycles. The zero-order chi connectivity index (χ0) is 17.6. The van der Waals surface area contributed by atoms with Gasteiger partial charge in [-0.2, -0.15) is 0 Å². The summed E-state index contributed by atoms with van der Waals surface area (Å²) in [4.78, 5) is 21.8. The predicted molar refractivity (Wildman–Crippen MR) is 88.1 cm³/mol. The number of hydrogen-bond acceptors (Lipinski definition) is 5. The van der Waals surface area contributed by atoms with Crippen molar-refractivity contribution in [1.82, 2.24) is 5.32 Å². The molecule has 1 amide bonds. The molecule has 1 aromatic carbocycles. The SMILES string of the molecule is CC(C)(C)OC(=O)NCCCNc1cc(F)c(Br)cc1[N+](=O)[O-]. The molecular formula is C14H19BrFN3O4. The summed E-state index contributed by atoms with van der Waals surface area (Å²) < 4.78 is 18.6. The number of nitrogens with one attached hydrogen (secondary N) is 2. The van der Waals surface area contributed by atoms with Crippen molar-refractivity contribution in [3.63, 3.8) is 0 Å². The maximum absolute atomic E-state index is 13.5. The number of nitrogens with zero attached hydrogens (tertiary/aromatic N) is 1. The summed E-state index contributed by atoms with van der Waals surface area (Å²) >= 11 is 2.91. The van der Waals surface area contributed by atoms with Gasteiger partial charge in [0.2, 0.25) is 0 Å². The van der Waals surface area contributed by atoms with E-state index in [1.165, 1.54) is 0 Å². The minimum Gasteiger partial charge on any atom is -0.444 e. The highest BCUT2D eigenvalue weighted by Gasteiger charge is 2.17. The number of anilines is 1. The number of benzene rings is 1. The lowest BCUT2D eigenvalue weighted by Gasteiger charge is -2.19. The second kappa shape index (κ2) is 8.09. The fourth-order valence-corrected chi connectivity index (χ4v) is 1.98. The number of rotatable bonds is 6. The van der Waals surface area contributed by atoms with E-state index >= 15 is 0 Å². The molecule has 1 rings (SSSR count). The Bertz CT molecular complexity index is 590. The average molecular weight is 392 g/mol. The number of nitro benzene ring substituents is 1. The number of halogens is 2. The van der Waals surface area contributed by atoms with E-state index in [0.29, 0.717) is 19.5 Å². The summed E-state index contributed by atoms with van der Waals surface area (Å²) in [7, 11) is 0. The van der Waals surface area contributed by atoms with Gasteiger partial charge in [-0.3, -0.25) is 10.1 Å². The number of carbonyl (C=O) groups is 1. The summed E-state index contributed by atoms with van der Waals surface area (Å²) in [6.45, 7) is 5.94. The third kappa shape index (κ3) is 6.81. The van der Waals surface area contributed by atoms with Gasteiger partial charge in [-0.1, -0.05) is 0 Å². The Labute approximate surface area is 141 Å². The Balaban J connectivity index is 2.46. The normalized spacial score (nSPS) is 11.0. The van der Waals surface area contributed by atoms with Crippen LogP contribution >= 0.6 is 15.9 Å². The van der Waals surface area contributed by atoms with Crippen molar-refractivity contribution in [2.45, 2.75) is 32.8 Å². The van der Waals surface area contributed by atoms with Crippen molar-refractivity contribution in [1.29, 1.82) is 0 Å². The maximum atomic E-state index is 13.5. The van der Waals surface area contributed by atoms with Crippen molar-refractivity contribution in [2.24, 2.45) is 0 Å². The molecule has 0 aromatic heterocycles. The molecule has 0 aliphatic rings. The molecule has 0 aliphatic heterocycles. The Kier molecular flexibility index (Phi) is 6.74. The zero-order valence-electron chi connectivity index (χ0n) is 13.1. The first-order chi connectivity index (χ1) is 10.6. The van der Waals surface area contributed by atoms with Gasteiger partial charge in [-0.05, 0) is 43.1 Å². The largest absolute Gasteiger partial charge is 0.444 e. The molecule has 0 heterocycles. The highest BCUT2D eigenvalue weighted by Crippen LogP contribution is 2.30. The van der Waals surface area contributed by atoms with E-state index in [0.717, 1.165) is 12.1 Å². The second-order valence-electron chi connectivity index (χ2n) is 5.75. The lowest BCUT2D eigenvalue weighted by Crippen LogP contribution is -2.33. The van der Waals surface area contributed by atoms with Crippen LogP contribution in [0.25, 0.3) is 0 Å². The molecule has 1 aromatic rings. The van der Waals surface area contributed by atoms with Crippen LogP contribution < -0.4 is 10.6 Å². The molecule has 0 atom stereocenters. The van der Waals surface area contributed by atoms with E-state index in [9.17, 15) is 19.3 Å². The average Bonchev–Trinajstić information content (AvgIpc) is 2.39. The molecule has 0 saturated carbocycles. The van der Waals surface area contributed by atoms with Crippen LogP contribution in [-0.4, -0.2) is 29.7 Å². The molecule has 0 bridgehead atoms. The van der Waals surface area contributed by atoms with Crippen LogP contribution in [0.4, 0.5) is 20.6 Å². The van der Waals surface area contributed by atoms with Gasteiger partial charge >= 0.3 is 6.09 Å². The molecule has 0 radical (unpaired) electrons. The maximum Gasteiger partial charge on any atom is 0.407 e. The molecule has 0 spiro atoms. The van der Waals surface area contributed by atoms with E-state index in [1.807, 2.05) is 0 Å². The Morgan fingerprint density at radius 3 is 2.61 bits per heavy atom. The van der Waals surface area contributed by atoms with Crippen molar-refractivity contribution in [3.05, 3.63) is 32.5 Å². The van der Waals surface area contributed by atoms with Crippen molar-refractivity contribution in [2.75, 3.05) is 18.4 Å². The van der Waals surface area contributed by atoms with E-state index < -0.39 is 22.4 Å². The number of alkyl carbamates (subject to hydrolysis) is 1. The lowest BCUT2D eigenvalue weighted by molar-refractivity contribution is -0.384. The van der Waals surface area contributed by atoms with E-state index in [-0.39, 0.29) is 15.8 Å². The van der Waals surface area contributed by atoms with Crippen LogP contribution in [0.3, 0.4) is 0 Å². The van der Waals surface area contributed by atoms with Crippen LogP contribution in [0.15, 0.2) is 16.6 Å². The van der Waals surface area contributed by atoms with Crippen LogP contribution in [0.1, 0.15) is 27.2 Å². The van der Waals surface area contributed by atoms with Crippen LogP contribution in [-0.2, 0) is 4.74 Å². The topological polar surface area (TPSA) is 93.5 Å². The third-order valence-corrected chi connectivity index (χ3v) is 3.18. The van der Waals surface area contributed by atoms with Gasteiger partial charge in [0.1, 0.15) is 17.1 Å². The first-order valence-electron chi connectivity index (χ1n) is 6.94. The highest BCUT2D eigenvalue weighted by molar-refractivity contribution is 9.10. The molecule has 128 valence electrons. The first-order valence-corrected chi connectivity index (χ1v) is 7.73. The minimum atomic E-state index is -0.593. The third-order valence-electron chi connectivity index (χ3n) is 2.57. The summed E-state index contributed by atoms with van der Waals surface area (Å²) in [6.07, 6.45) is -0.0353. The number of nitro groups is 1. The van der Waals surface area contributed by atoms with Gasteiger partial charge in [0.15, 0.2) is 0 Å². The molecule has 0 fully saturated rings. The van der Waals surface area contributed by atoms with Crippen molar-refractivity contribution >= 4 is 33.4 Å². The lowest BCUT2D eigenvalue weighted by atomic mass is 10.2. The summed E-state index contributed by atoms with van der Waals surface area (Å²) in [5.41, 5.74) is -0.705. The van der Waals surface area contributed by atoms with Crippen molar-refractivity contribution in [3.8, 4) is 0 Å². The van der Waals surface area contributed by atoms with E-state index in [2.05, 4.69) is 26.6 Å². The number of carbonyl (C=O) groups excluding carboxylic acids is 1. The molecule has 7 nitrogen and oxygen atoms in total. The number of ether oxygens (including phenoxy) is 1. The van der Waals surface area contributed by atoms with Gasteiger partial charge in [0, 0.05) is 25.2 Å². The second-order valence-corrected chi connectivity index (χ2v) is 6.60. The fraction of sp³-hybridized carbons (Fsp3) is 0.500. The van der Waals surface area contributed by atoms with Crippen LogP contribution in [0, 0.1) is 15.9 Å².